The van der Waals surface area contributed by atoms with Crippen molar-refractivity contribution in [3.05, 3.63) is 50.9 Å². The number of nitrogens with zero attached hydrogens (tertiary/aromatic N) is 4. The van der Waals surface area contributed by atoms with Crippen LogP contribution in [-0.4, -0.2) is 39.5 Å². The molecule has 1 fully saturated rings. The Morgan fingerprint density at radius 2 is 2.09 bits per heavy atom. The molecule has 12 heteroatoms. The summed E-state index contributed by atoms with van der Waals surface area (Å²) in [5.74, 6) is -0.873. The van der Waals surface area contributed by atoms with Gasteiger partial charge in [0.05, 0.1) is 35.8 Å². The van der Waals surface area contributed by atoms with Gasteiger partial charge in [-0.2, -0.15) is 17.9 Å². The molecule has 3 aliphatic rings. The van der Waals surface area contributed by atoms with E-state index in [0.717, 1.165) is 16.9 Å². The van der Waals surface area contributed by atoms with Gasteiger partial charge in [0.2, 0.25) is 5.95 Å². The van der Waals surface area contributed by atoms with E-state index >= 15 is 4.39 Å². The van der Waals surface area contributed by atoms with Crippen molar-refractivity contribution in [3.63, 3.8) is 0 Å². The van der Waals surface area contributed by atoms with Crippen molar-refractivity contribution in [2.45, 2.75) is 30.6 Å². The smallest absolute Gasteiger partial charge is 0.226 e. The van der Waals surface area contributed by atoms with Gasteiger partial charge in [-0.25, -0.2) is 18.7 Å². The average Bonchev–Trinajstić information content (AvgIpc) is 3.52. The Morgan fingerprint density at radius 1 is 1.29 bits per heavy atom. The predicted octanol–water partition coefficient (Wildman–Crippen LogP) is 2.75. The molecule has 1 saturated heterocycles. The van der Waals surface area contributed by atoms with Crippen molar-refractivity contribution < 1.29 is 18.6 Å². The minimum absolute atomic E-state index is 0.0986. The lowest BCUT2D eigenvalue weighted by Gasteiger charge is -2.26. The van der Waals surface area contributed by atoms with Crippen molar-refractivity contribution in [1.82, 2.24) is 15.3 Å². The van der Waals surface area contributed by atoms with Crippen LogP contribution in [0.1, 0.15) is 38.7 Å². The zero-order valence-electron chi connectivity index (χ0n) is 17.5. The van der Waals surface area contributed by atoms with Crippen LogP contribution in [0.3, 0.4) is 0 Å². The number of benzene rings is 1. The molecule has 8 nitrogen and oxygen atoms in total. The molecule has 1 aromatic carbocycles. The number of aromatic nitrogens is 2. The van der Waals surface area contributed by atoms with E-state index in [0.29, 0.717) is 29.6 Å². The number of nitrogens with two attached hydrogens (primary N) is 1. The number of aliphatic hydroxyl groups is 1. The fraction of sp³-hybridized carbons (Fsp3) is 0.318. The highest BCUT2D eigenvalue weighted by Gasteiger charge is 2.37. The zero-order chi connectivity index (χ0) is 23.7. The first-order valence-corrected chi connectivity index (χ1v) is 11.8. The van der Waals surface area contributed by atoms with Crippen LogP contribution in [0.2, 0.25) is 0 Å². The van der Waals surface area contributed by atoms with E-state index in [2.05, 4.69) is 27.9 Å². The summed E-state index contributed by atoms with van der Waals surface area (Å²) in [5, 5.41) is 23.1. The summed E-state index contributed by atoms with van der Waals surface area (Å²) in [7, 11) is 0. The quantitative estimate of drug-likeness (QED) is 0.397. The number of aliphatic hydroxyl groups excluding tert-OH is 1. The summed E-state index contributed by atoms with van der Waals surface area (Å²) in [6.07, 6.45) is 2.09. The molecular weight excluding hydrogens is 482 g/mol. The highest BCUT2D eigenvalue weighted by molar-refractivity contribution is 7.81. The van der Waals surface area contributed by atoms with Crippen LogP contribution in [-0.2, 0) is 18.0 Å². The van der Waals surface area contributed by atoms with Crippen LogP contribution in [0.4, 0.5) is 19.7 Å². The van der Waals surface area contributed by atoms with Crippen molar-refractivity contribution in [2.75, 3.05) is 23.7 Å². The fourth-order valence-electron chi connectivity index (χ4n) is 4.88. The Bertz CT molecular complexity index is 1430. The average molecular weight is 501 g/mol. The molecule has 6 rings (SSSR count). The first kappa shape index (κ1) is 21.5. The van der Waals surface area contributed by atoms with Crippen LogP contribution in [0.5, 0.6) is 0 Å². The van der Waals surface area contributed by atoms with Gasteiger partial charge in [-0.3, -0.25) is 0 Å². The second kappa shape index (κ2) is 7.78. The maximum Gasteiger partial charge on any atom is 0.226 e. The fourth-order valence-corrected chi connectivity index (χ4v) is 6.14. The van der Waals surface area contributed by atoms with Gasteiger partial charge in [-0.05, 0) is 11.1 Å². The van der Waals surface area contributed by atoms with E-state index < -0.39 is 23.8 Å². The molecule has 3 aromatic rings. The molecule has 5 heterocycles. The van der Waals surface area contributed by atoms with Crippen molar-refractivity contribution in [3.8, 4) is 6.07 Å². The Hall–Kier alpha value is -2.98. The number of halogens is 2. The minimum Gasteiger partial charge on any atom is -0.390 e. The standard InChI is InChI=1S/C22H18F2N6O2S2/c23-12-3-27-19(16-8(1-25)21(26)34-20(12)16)15-11-7-32-6-10(11)9-2-28-22(29-18(9)17(15)24)30-4-13(31)14(33)5-30/h2-3,13-14,19,27,31,33H,4-7,26H2. The van der Waals surface area contributed by atoms with Gasteiger partial charge in [0.1, 0.15) is 16.6 Å². The minimum atomic E-state index is -0.841. The lowest BCUT2D eigenvalue weighted by molar-refractivity contribution is 0.134. The van der Waals surface area contributed by atoms with Gasteiger partial charge in [0.25, 0.3) is 0 Å². The highest BCUT2D eigenvalue weighted by Crippen LogP contribution is 2.47. The molecule has 4 N–H and O–H groups in total. The summed E-state index contributed by atoms with van der Waals surface area (Å²) >= 11 is 5.33. The number of anilines is 2. The number of hydrogen-bond donors (Lipinski definition) is 4. The first-order chi connectivity index (χ1) is 16.4. The molecule has 34 heavy (non-hydrogen) atoms. The van der Waals surface area contributed by atoms with Crippen LogP contribution in [0.15, 0.2) is 12.4 Å². The lowest BCUT2D eigenvalue weighted by Crippen LogP contribution is -2.25. The van der Waals surface area contributed by atoms with Gasteiger partial charge in [-0.15, -0.1) is 11.3 Å². The summed E-state index contributed by atoms with van der Waals surface area (Å²) in [6, 6.07) is 1.20. The number of rotatable bonds is 2. The number of fused-ring (bicyclic) bond motifs is 4. The molecule has 3 unspecified atom stereocenters. The molecular formula is C22H18F2N6O2S2. The molecule has 0 saturated carbocycles. The van der Waals surface area contributed by atoms with Crippen molar-refractivity contribution in [2.24, 2.45) is 0 Å². The van der Waals surface area contributed by atoms with Crippen LogP contribution in [0.25, 0.3) is 16.7 Å². The summed E-state index contributed by atoms with van der Waals surface area (Å²) in [6.45, 7) is 1.14. The largest absolute Gasteiger partial charge is 0.390 e. The number of hydrogen-bond acceptors (Lipinski definition) is 10. The van der Waals surface area contributed by atoms with Crippen LogP contribution < -0.4 is 16.0 Å². The second-order valence-corrected chi connectivity index (χ2v) is 10.2. The van der Waals surface area contributed by atoms with E-state index in [1.807, 2.05) is 6.07 Å². The van der Waals surface area contributed by atoms with Crippen LogP contribution in [0, 0.1) is 17.1 Å². The Morgan fingerprint density at radius 3 is 2.82 bits per heavy atom. The predicted molar refractivity (Wildman–Crippen MR) is 126 cm³/mol. The van der Waals surface area contributed by atoms with Gasteiger partial charge in [0, 0.05) is 47.2 Å². The third-order valence-electron chi connectivity index (χ3n) is 6.52. The number of nitrogen functional groups attached to an aromatic ring is 1. The van der Waals surface area contributed by atoms with Crippen molar-refractivity contribution in [1.29, 1.82) is 5.26 Å². The number of β-amino-alcohol motifs (C(OH)–C–C–N with tert-alkyl or cyclic N) is 1. The number of ether oxygens (including phenoxy) is 1. The number of nitrogens with one attached hydrogen (secondary N) is 1. The monoisotopic (exact) mass is 500 g/mol. The lowest BCUT2D eigenvalue weighted by atomic mass is 9.87. The van der Waals surface area contributed by atoms with Gasteiger partial charge >= 0.3 is 0 Å². The van der Waals surface area contributed by atoms with Gasteiger partial charge in [-0.1, -0.05) is 0 Å². The first-order valence-electron chi connectivity index (χ1n) is 10.5. The maximum absolute atomic E-state index is 16.3. The third-order valence-corrected chi connectivity index (χ3v) is 8.08. The van der Waals surface area contributed by atoms with Gasteiger partial charge in [0.15, 0.2) is 11.6 Å². The highest BCUT2D eigenvalue weighted by atomic mass is 32.1. The number of thiophene rings is 1. The van der Waals surface area contributed by atoms with E-state index in [-0.39, 0.29) is 50.9 Å². The third kappa shape index (κ3) is 3.01. The molecule has 0 bridgehead atoms. The van der Waals surface area contributed by atoms with E-state index in [4.69, 9.17) is 10.5 Å². The Kier molecular flexibility index (Phi) is 4.93. The SMILES string of the molecule is N#Cc1c(N)sc2c1C(c1c3c(c4cnc(N5CC(O)C(S)C5)nc4c1F)COC3)NC=C2F. The number of thiol groups is 1. The topological polar surface area (TPSA) is 120 Å². The zero-order valence-corrected chi connectivity index (χ0v) is 19.3. The Labute approximate surface area is 202 Å². The van der Waals surface area contributed by atoms with Crippen LogP contribution >= 0.6 is 24.0 Å². The molecule has 0 aliphatic carbocycles. The molecule has 3 aliphatic heterocycles. The van der Waals surface area contributed by atoms with E-state index in [1.165, 1.54) is 6.20 Å². The van der Waals surface area contributed by atoms with E-state index in [1.54, 1.807) is 11.1 Å². The number of nitriles is 1. The maximum atomic E-state index is 16.3. The Balaban J connectivity index is 1.57. The molecule has 174 valence electrons. The summed E-state index contributed by atoms with van der Waals surface area (Å²) in [5.41, 5.74) is 8.16. The van der Waals surface area contributed by atoms with E-state index in [9.17, 15) is 14.8 Å². The van der Waals surface area contributed by atoms with Gasteiger partial charge < -0.3 is 25.8 Å². The molecule has 0 radical (unpaired) electrons. The summed E-state index contributed by atoms with van der Waals surface area (Å²) in [4.78, 5) is 10.9. The normalized spacial score (nSPS) is 23.4. The molecule has 0 amide bonds. The molecule has 3 atom stereocenters. The molecule has 2 aromatic heterocycles. The van der Waals surface area contributed by atoms with Crippen molar-refractivity contribution >= 4 is 51.6 Å². The summed E-state index contributed by atoms with van der Waals surface area (Å²) < 4.78 is 36.5. The molecule has 0 spiro atoms. The second-order valence-electron chi connectivity index (χ2n) is 8.44.